The summed E-state index contributed by atoms with van der Waals surface area (Å²) in [5.41, 5.74) is 1.79. The molecule has 0 bridgehead atoms. The Morgan fingerprint density at radius 1 is 1.37 bits per heavy atom. The molecule has 0 radical (unpaired) electrons. The molecular weight excluding hydrogens is 266 g/mol. The minimum atomic E-state index is -3.31. The first-order valence-corrected chi connectivity index (χ1v) is 7.37. The molecule has 6 nitrogen and oxygen atoms in total. The van der Waals surface area contributed by atoms with Crippen molar-refractivity contribution in [3.05, 3.63) is 36.8 Å². The third kappa shape index (κ3) is 3.41. The van der Waals surface area contributed by atoms with E-state index in [1.54, 1.807) is 30.5 Å². The summed E-state index contributed by atoms with van der Waals surface area (Å²) in [7, 11) is -3.31. The van der Waals surface area contributed by atoms with Crippen LogP contribution in [0.15, 0.2) is 36.8 Å². The Bertz CT molecular complexity index is 719. The summed E-state index contributed by atoms with van der Waals surface area (Å²) in [6, 6.07) is 6.82. The molecule has 0 saturated heterocycles. The number of hydrogen-bond acceptors (Lipinski definition) is 4. The largest absolute Gasteiger partial charge is 0.284 e. The van der Waals surface area contributed by atoms with E-state index in [0.717, 1.165) is 11.8 Å². The summed E-state index contributed by atoms with van der Waals surface area (Å²) in [6.07, 6.45) is 4.11. The van der Waals surface area contributed by atoms with Crippen molar-refractivity contribution in [2.45, 2.75) is 6.92 Å². The number of carbonyl (C=O) groups is 1. The van der Waals surface area contributed by atoms with Crippen molar-refractivity contribution < 1.29 is 13.2 Å². The number of carbonyl (C=O) groups excluding carboxylic acids is 1. The average molecular weight is 279 g/mol. The molecule has 0 aliphatic heterocycles. The monoisotopic (exact) mass is 279 g/mol. The predicted octanol–water partition coefficient (Wildman–Crippen LogP) is 1.58. The average Bonchev–Trinajstić information content (AvgIpc) is 2.76. The molecule has 7 heteroatoms. The summed E-state index contributed by atoms with van der Waals surface area (Å²) in [5, 5.41) is 0. The summed E-state index contributed by atoms with van der Waals surface area (Å²) in [6.45, 7) is 1.44. The van der Waals surface area contributed by atoms with Crippen LogP contribution in [0.5, 0.6) is 0 Å². The fourth-order valence-electron chi connectivity index (χ4n) is 1.60. The van der Waals surface area contributed by atoms with Gasteiger partial charge in [-0.25, -0.2) is 13.4 Å². The molecule has 0 amide bonds. The normalized spacial score (nSPS) is 11.3. The van der Waals surface area contributed by atoms with E-state index >= 15 is 0 Å². The summed E-state index contributed by atoms with van der Waals surface area (Å²) < 4.78 is 26.1. The standard InChI is InChI=1S/C12H13N3O3S/c1-9(16)15-7-12(13-8-15)10-4-3-5-11(6-10)14-19(2,17)18/h3-8,14H,1-2H3. The lowest BCUT2D eigenvalue weighted by atomic mass is 10.1. The van der Waals surface area contributed by atoms with Gasteiger partial charge >= 0.3 is 0 Å². The van der Waals surface area contributed by atoms with Crippen molar-refractivity contribution in [1.29, 1.82) is 0 Å². The number of aromatic nitrogens is 2. The number of sulfonamides is 1. The van der Waals surface area contributed by atoms with Gasteiger partial charge in [0, 0.05) is 24.4 Å². The molecule has 0 aliphatic rings. The highest BCUT2D eigenvalue weighted by molar-refractivity contribution is 7.92. The van der Waals surface area contributed by atoms with Gasteiger partial charge in [0.25, 0.3) is 0 Å². The lowest BCUT2D eigenvalue weighted by molar-refractivity contribution is 0.0936. The van der Waals surface area contributed by atoms with Crippen molar-refractivity contribution in [2.24, 2.45) is 0 Å². The Balaban J connectivity index is 2.34. The van der Waals surface area contributed by atoms with Crippen LogP contribution in [-0.4, -0.2) is 30.1 Å². The Morgan fingerprint density at radius 2 is 2.11 bits per heavy atom. The molecule has 0 saturated carbocycles. The second-order valence-electron chi connectivity index (χ2n) is 4.14. The third-order valence-electron chi connectivity index (χ3n) is 2.41. The minimum absolute atomic E-state index is 0.135. The quantitative estimate of drug-likeness (QED) is 0.925. The van der Waals surface area contributed by atoms with Gasteiger partial charge in [-0.15, -0.1) is 0 Å². The number of imidazole rings is 1. The maximum Gasteiger partial charge on any atom is 0.229 e. The highest BCUT2D eigenvalue weighted by Gasteiger charge is 2.07. The van der Waals surface area contributed by atoms with E-state index < -0.39 is 10.0 Å². The Morgan fingerprint density at radius 3 is 2.68 bits per heavy atom. The topological polar surface area (TPSA) is 81.1 Å². The van der Waals surface area contributed by atoms with Crippen LogP contribution >= 0.6 is 0 Å². The lowest BCUT2D eigenvalue weighted by Gasteiger charge is -2.05. The molecule has 100 valence electrons. The highest BCUT2D eigenvalue weighted by atomic mass is 32.2. The molecule has 0 spiro atoms. The smallest absolute Gasteiger partial charge is 0.229 e. The maximum absolute atomic E-state index is 11.2. The van der Waals surface area contributed by atoms with Gasteiger partial charge in [-0.2, -0.15) is 0 Å². The zero-order chi connectivity index (χ0) is 14.0. The van der Waals surface area contributed by atoms with Crippen molar-refractivity contribution >= 4 is 21.6 Å². The molecule has 1 aromatic heterocycles. The SMILES string of the molecule is CC(=O)n1cnc(-c2cccc(NS(C)(=O)=O)c2)c1. The fourth-order valence-corrected chi connectivity index (χ4v) is 2.16. The molecule has 1 N–H and O–H groups in total. The van der Waals surface area contributed by atoms with Crippen LogP contribution in [0.2, 0.25) is 0 Å². The van der Waals surface area contributed by atoms with Crippen LogP contribution in [-0.2, 0) is 10.0 Å². The van der Waals surface area contributed by atoms with E-state index in [1.165, 1.54) is 17.8 Å². The lowest BCUT2D eigenvalue weighted by Crippen LogP contribution is -2.09. The second-order valence-corrected chi connectivity index (χ2v) is 5.89. The molecular formula is C12H13N3O3S. The predicted molar refractivity (Wildman–Crippen MR) is 72.4 cm³/mol. The van der Waals surface area contributed by atoms with Gasteiger partial charge in [0.1, 0.15) is 6.33 Å². The molecule has 1 aromatic carbocycles. The zero-order valence-electron chi connectivity index (χ0n) is 10.5. The van der Waals surface area contributed by atoms with Gasteiger partial charge in [0.2, 0.25) is 15.9 Å². The van der Waals surface area contributed by atoms with Crippen LogP contribution in [0, 0.1) is 0 Å². The van der Waals surface area contributed by atoms with Gasteiger partial charge in [-0.1, -0.05) is 12.1 Å². The number of anilines is 1. The third-order valence-corrected chi connectivity index (χ3v) is 3.01. The van der Waals surface area contributed by atoms with Gasteiger partial charge in [0.15, 0.2) is 0 Å². The zero-order valence-corrected chi connectivity index (χ0v) is 11.3. The van der Waals surface area contributed by atoms with E-state index in [4.69, 9.17) is 0 Å². The Labute approximate surface area is 111 Å². The molecule has 0 fully saturated rings. The van der Waals surface area contributed by atoms with Crippen LogP contribution in [0.4, 0.5) is 5.69 Å². The molecule has 19 heavy (non-hydrogen) atoms. The van der Waals surface area contributed by atoms with Crippen molar-refractivity contribution in [1.82, 2.24) is 9.55 Å². The van der Waals surface area contributed by atoms with Gasteiger partial charge in [-0.3, -0.25) is 14.1 Å². The van der Waals surface area contributed by atoms with Crippen LogP contribution in [0.1, 0.15) is 11.7 Å². The van der Waals surface area contributed by atoms with Gasteiger partial charge < -0.3 is 0 Å². The summed E-state index contributed by atoms with van der Waals surface area (Å²) in [5.74, 6) is -0.135. The van der Waals surface area contributed by atoms with Crippen LogP contribution < -0.4 is 4.72 Å². The van der Waals surface area contributed by atoms with E-state index in [2.05, 4.69) is 9.71 Å². The molecule has 2 aromatic rings. The fraction of sp³-hybridized carbons (Fsp3) is 0.167. The Hall–Kier alpha value is -2.15. The Kier molecular flexibility index (Phi) is 3.39. The van der Waals surface area contributed by atoms with Crippen LogP contribution in [0.3, 0.4) is 0 Å². The molecule has 0 atom stereocenters. The first kappa shape index (κ1) is 13.3. The summed E-state index contributed by atoms with van der Waals surface area (Å²) >= 11 is 0. The van der Waals surface area contributed by atoms with Crippen LogP contribution in [0.25, 0.3) is 11.3 Å². The van der Waals surface area contributed by atoms with E-state index in [0.29, 0.717) is 11.4 Å². The molecule has 0 aliphatic carbocycles. The van der Waals surface area contributed by atoms with Gasteiger partial charge in [-0.05, 0) is 12.1 Å². The first-order chi connectivity index (χ1) is 8.85. The highest BCUT2D eigenvalue weighted by Crippen LogP contribution is 2.21. The van der Waals surface area contributed by atoms with E-state index in [1.807, 2.05) is 0 Å². The first-order valence-electron chi connectivity index (χ1n) is 5.48. The summed E-state index contributed by atoms with van der Waals surface area (Å²) in [4.78, 5) is 15.3. The van der Waals surface area contributed by atoms with Crippen molar-refractivity contribution in [2.75, 3.05) is 11.0 Å². The van der Waals surface area contributed by atoms with E-state index in [-0.39, 0.29) is 5.91 Å². The maximum atomic E-state index is 11.2. The molecule has 0 unspecified atom stereocenters. The number of benzene rings is 1. The van der Waals surface area contributed by atoms with Gasteiger partial charge in [0.05, 0.1) is 11.9 Å². The molecule has 1 heterocycles. The molecule has 2 rings (SSSR count). The number of nitrogens with one attached hydrogen (secondary N) is 1. The van der Waals surface area contributed by atoms with Crippen molar-refractivity contribution in [3.63, 3.8) is 0 Å². The number of nitrogens with zero attached hydrogens (tertiary/aromatic N) is 2. The van der Waals surface area contributed by atoms with Crippen molar-refractivity contribution in [3.8, 4) is 11.3 Å². The number of rotatable bonds is 3. The minimum Gasteiger partial charge on any atom is -0.284 e. The number of hydrogen-bond donors (Lipinski definition) is 1. The van der Waals surface area contributed by atoms with E-state index in [9.17, 15) is 13.2 Å². The second kappa shape index (κ2) is 4.85.